The molecule has 30 heavy (non-hydrogen) atoms. The van der Waals surface area contributed by atoms with Crippen LogP contribution in [-0.2, 0) is 9.53 Å². The Hall–Kier alpha value is -1.95. The average molecular weight is 419 g/mol. The fourth-order valence-corrected chi connectivity index (χ4v) is 3.16. The van der Waals surface area contributed by atoms with Crippen molar-refractivity contribution in [1.82, 2.24) is 0 Å². The number of carbonyl (C=O) groups excluding carboxylic acids is 1. The molecule has 0 amide bonds. The van der Waals surface area contributed by atoms with Gasteiger partial charge in [-0.3, -0.25) is 0 Å². The lowest BCUT2D eigenvalue weighted by atomic mass is 9.80. The van der Waals surface area contributed by atoms with Crippen molar-refractivity contribution in [3.8, 4) is 0 Å². The Morgan fingerprint density at radius 3 is 2.40 bits per heavy atom. The van der Waals surface area contributed by atoms with Crippen LogP contribution >= 0.6 is 0 Å². The number of hydrogen-bond acceptors (Lipinski definition) is 5. The van der Waals surface area contributed by atoms with Crippen molar-refractivity contribution in [1.29, 1.82) is 0 Å². The molecule has 0 fully saturated rings. The Balaban J connectivity index is 3.36. The van der Waals surface area contributed by atoms with E-state index in [1.165, 1.54) is 30.7 Å². The number of aliphatic hydroxyl groups excluding tert-OH is 2. The largest absolute Gasteiger partial charge is 0.452 e. The second kappa shape index (κ2) is 11.4. The first-order chi connectivity index (χ1) is 13.9. The molecule has 0 spiro atoms. The summed E-state index contributed by atoms with van der Waals surface area (Å²) in [7, 11) is 0. The van der Waals surface area contributed by atoms with Crippen LogP contribution in [0.25, 0.3) is 0 Å². The van der Waals surface area contributed by atoms with Gasteiger partial charge in [0.05, 0.1) is 12.7 Å². The molecular weight excluding hydrogens is 380 g/mol. The van der Waals surface area contributed by atoms with Gasteiger partial charge in [0.15, 0.2) is 6.10 Å². The molecular formula is C25H38O5. The molecule has 5 nitrogen and oxygen atoms in total. The van der Waals surface area contributed by atoms with Crippen molar-refractivity contribution in [2.24, 2.45) is 5.41 Å². The van der Waals surface area contributed by atoms with Gasteiger partial charge < -0.3 is 20.1 Å². The lowest BCUT2D eigenvalue weighted by Crippen LogP contribution is -2.39. The van der Waals surface area contributed by atoms with Crippen LogP contribution in [0.3, 0.4) is 0 Å². The summed E-state index contributed by atoms with van der Waals surface area (Å²) in [6.45, 7) is 11.0. The average Bonchev–Trinajstić information content (AvgIpc) is 2.63. The van der Waals surface area contributed by atoms with Gasteiger partial charge in [-0.15, -0.1) is 0 Å². The highest BCUT2D eigenvalue weighted by Gasteiger charge is 2.32. The SMILES string of the molecule is CC(C)=CCC[C@]1(C)C=C[C@@H](OC(=O)C=C(C)C)[C@](C)(O)/C=C/[C@@H](O)/C(CO)=C\C1. The third kappa shape index (κ3) is 8.82. The molecule has 0 bridgehead atoms. The molecule has 0 saturated heterocycles. The third-order valence-corrected chi connectivity index (χ3v) is 5.18. The van der Waals surface area contributed by atoms with Gasteiger partial charge in [0.2, 0.25) is 0 Å². The van der Waals surface area contributed by atoms with Crippen LogP contribution in [0.5, 0.6) is 0 Å². The minimum absolute atomic E-state index is 0.277. The van der Waals surface area contributed by atoms with E-state index in [0.29, 0.717) is 12.0 Å². The van der Waals surface area contributed by atoms with Crippen LogP contribution in [-0.4, -0.2) is 45.7 Å². The summed E-state index contributed by atoms with van der Waals surface area (Å²) < 4.78 is 5.55. The second-order valence-electron chi connectivity index (χ2n) is 9.08. The quantitative estimate of drug-likeness (QED) is 0.342. The van der Waals surface area contributed by atoms with Crippen molar-refractivity contribution in [3.63, 3.8) is 0 Å². The zero-order chi connectivity index (χ0) is 22.9. The molecule has 0 saturated carbocycles. The maximum atomic E-state index is 12.2. The molecule has 168 valence electrons. The van der Waals surface area contributed by atoms with Crippen LogP contribution in [0.2, 0.25) is 0 Å². The molecule has 0 aromatic heterocycles. The summed E-state index contributed by atoms with van der Waals surface area (Å²) in [5.74, 6) is -0.533. The van der Waals surface area contributed by atoms with E-state index in [9.17, 15) is 20.1 Å². The molecule has 5 heteroatoms. The number of ether oxygens (including phenoxy) is 1. The highest BCUT2D eigenvalue weighted by molar-refractivity contribution is 5.83. The summed E-state index contributed by atoms with van der Waals surface area (Å²) in [4.78, 5) is 12.2. The van der Waals surface area contributed by atoms with Crippen molar-refractivity contribution in [2.75, 3.05) is 6.61 Å². The highest BCUT2D eigenvalue weighted by atomic mass is 16.6. The molecule has 0 aromatic carbocycles. The fourth-order valence-electron chi connectivity index (χ4n) is 3.16. The smallest absolute Gasteiger partial charge is 0.331 e. The molecule has 3 N–H and O–H groups in total. The Morgan fingerprint density at radius 1 is 1.17 bits per heavy atom. The van der Waals surface area contributed by atoms with Crippen molar-refractivity contribution in [2.45, 2.75) is 78.6 Å². The van der Waals surface area contributed by atoms with Crippen molar-refractivity contribution in [3.05, 3.63) is 59.3 Å². The minimum Gasteiger partial charge on any atom is -0.452 e. The molecule has 1 aliphatic carbocycles. The standard InChI is InChI=1S/C25H38O5/c1-18(2)8-7-12-24(5)13-9-20(17-26)21(27)10-15-25(6,29)22(11-14-24)30-23(28)16-19(3)4/h8-11,14-16,21-22,26-27,29H,7,12-13,17H2,1-6H3/b14-11?,15-10+,20-9-/t21-,22-,24+,25-/m1/s1. The normalized spacial score (nSPS) is 32.2. The van der Waals surface area contributed by atoms with Gasteiger partial charge in [-0.25, -0.2) is 4.79 Å². The molecule has 1 rings (SSSR count). The third-order valence-electron chi connectivity index (χ3n) is 5.18. The highest BCUT2D eigenvalue weighted by Crippen LogP contribution is 2.33. The monoisotopic (exact) mass is 418 g/mol. The topological polar surface area (TPSA) is 87.0 Å². The lowest BCUT2D eigenvalue weighted by Gasteiger charge is -2.30. The molecule has 0 radical (unpaired) electrons. The van der Waals surface area contributed by atoms with Crippen LogP contribution in [0.15, 0.2) is 59.3 Å². The van der Waals surface area contributed by atoms with Gasteiger partial charge in [-0.1, -0.05) is 48.5 Å². The van der Waals surface area contributed by atoms with Crippen LogP contribution < -0.4 is 0 Å². The summed E-state index contributed by atoms with van der Waals surface area (Å²) >= 11 is 0. The van der Waals surface area contributed by atoms with Crippen LogP contribution in [0.1, 0.15) is 60.8 Å². The van der Waals surface area contributed by atoms with Gasteiger partial charge in [0, 0.05) is 6.08 Å². The number of rotatable bonds is 6. The van der Waals surface area contributed by atoms with Gasteiger partial charge in [-0.05, 0) is 70.9 Å². The Kier molecular flexibility index (Phi) is 9.95. The fraction of sp³-hybridized carbons (Fsp3) is 0.560. The molecule has 0 aromatic rings. The summed E-state index contributed by atoms with van der Waals surface area (Å²) in [6, 6.07) is 0. The number of hydrogen-bond donors (Lipinski definition) is 3. The second-order valence-corrected chi connectivity index (χ2v) is 9.08. The van der Waals surface area contributed by atoms with Gasteiger partial charge in [0.1, 0.15) is 5.60 Å². The van der Waals surface area contributed by atoms with Crippen molar-refractivity contribution < 1.29 is 24.9 Å². The molecule has 1 aliphatic rings. The van der Waals surface area contributed by atoms with Crippen molar-refractivity contribution >= 4 is 5.97 Å². The lowest BCUT2D eigenvalue weighted by molar-refractivity contribution is -0.148. The molecule has 0 aliphatic heterocycles. The van der Waals surface area contributed by atoms with Gasteiger partial charge in [-0.2, -0.15) is 0 Å². The first kappa shape index (κ1) is 26.1. The maximum Gasteiger partial charge on any atom is 0.331 e. The van der Waals surface area contributed by atoms with E-state index >= 15 is 0 Å². The maximum absolute atomic E-state index is 12.2. The van der Waals surface area contributed by atoms with Gasteiger partial charge >= 0.3 is 5.97 Å². The number of allylic oxidation sites excluding steroid dienone is 5. The van der Waals surface area contributed by atoms with Crippen LogP contribution in [0.4, 0.5) is 0 Å². The predicted molar refractivity (Wildman–Crippen MR) is 121 cm³/mol. The predicted octanol–water partition coefficient (Wildman–Crippen LogP) is 4.16. The van der Waals surface area contributed by atoms with E-state index < -0.39 is 23.8 Å². The summed E-state index contributed by atoms with van der Waals surface area (Å²) in [5, 5.41) is 31.1. The Labute approximate surface area is 181 Å². The molecule has 0 heterocycles. The zero-order valence-electron chi connectivity index (χ0n) is 19.2. The Bertz CT molecular complexity index is 731. The number of carbonyl (C=O) groups is 1. The van der Waals surface area contributed by atoms with E-state index in [0.717, 1.165) is 18.4 Å². The van der Waals surface area contributed by atoms with E-state index in [2.05, 4.69) is 26.8 Å². The summed E-state index contributed by atoms with van der Waals surface area (Å²) in [6.07, 6.45) is 12.3. The van der Waals surface area contributed by atoms with Gasteiger partial charge in [0.25, 0.3) is 0 Å². The molecule has 0 unspecified atom stereocenters. The van der Waals surface area contributed by atoms with Crippen LogP contribution in [0, 0.1) is 5.41 Å². The van der Waals surface area contributed by atoms with E-state index in [1.54, 1.807) is 19.9 Å². The zero-order valence-corrected chi connectivity index (χ0v) is 19.2. The number of esters is 1. The van der Waals surface area contributed by atoms with E-state index in [1.807, 2.05) is 12.2 Å². The van der Waals surface area contributed by atoms with E-state index in [-0.39, 0.29) is 12.0 Å². The Morgan fingerprint density at radius 2 is 1.83 bits per heavy atom. The molecule has 4 atom stereocenters. The van der Waals surface area contributed by atoms with E-state index in [4.69, 9.17) is 4.74 Å². The first-order valence-electron chi connectivity index (χ1n) is 10.5. The minimum atomic E-state index is -1.53. The number of aliphatic hydroxyl groups is 3. The summed E-state index contributed by atoms with van der Waals surface area (Å²) in [5.41, 5.74) is 0.669. The first-order valence-corrected chi connectivity index (χ1v) is 10.5.